The summed E-state index contributed by atoms with van der Waals surface area (Å²) in [6.45, 7) is 14.3. The lowest BCUT2D eigenvalue weighted by atomic mass is 9.97. The molecule has 4 rings (SSSR count). The Morgan fingerprint density at radius 1 is 1.07 bits per heavy atom. The molecule has 58 heavy (non-hydrogen) atoms. The Hall–Kier alpha value is -4.78. The number of aromatic nitrogens is 1. The number of aliphatic hydroxyl groups is 1. The maximum Gasteiger partial charge on any atom is 0.429 e. The van der Waals surface area contributed by atoms with Gasteiger partial charge in [0.2, 0.25) is 15.9 Å². The van der Waals surface area contributed by atoms with Crippen LogP contribution in [-0.4, -0.2) is 124 Å². The second kappa shape index (κ2) is 19.8. The molecule has 318 valence electrons. The van der Waals surface area contributed by atoms with Crippen molar-refractivity contribution in [2.24, 2.45) is 11.8 Å². The van der Waals surface area contributed by atoms with E-state index in [1.165, 1.54) is 22.3 Å². The molecule has 0 unspecified atom stereocenters. The maximum absolute atomic E-state index is 14.4. The van der Waals surface area contributed by atoms with Gasteiger partial charge in [0.15, 0.2) is 0 Å². The molecule has 3 atom stereocenters. The van der Waals surface area contributed by atoms with Gasteiger partial charge in [-0.25, -0.2) is 28.0 Å². The Bertz CT molecular complexity index is 1990. The maximum atomic E-state index is 14.4. The monoisotopic (exact) mass is 843 g/mol. The molecule has 0 bridgehead atoms. The first-order valence-corrected chi connectivity index (χ1v) is 21.5. The molecule has 0 spiro atoms. The predicted molar refractivity (Wildman–Crippen MR) is 220 cm³/mol. The summed E-state index contributed by atoms with van der Waals surface area (Å²) in [6.07, 6.45) is -1.76. The number of phenols is 1. The Labute approximate surface area is 345 Å². The number of rotatable bonds is 19. The van der Waals surface area contributed by atoms with Crippen LogP contribution in [0.2, 0.25) is 0 Å². The number of aldehydes is 1. The minimum atomic E-state index is -4.40. The number of aliphatic hydroxyl groups excluding tert-OH is 1. The largest absolute Gasteiger partial charge is 0.506 e. The number of aromatic hydroxyl groups is 1. The van der Waals surface area contributed by atoms with E-state index in [-0.39, 0.29) is 41.4 Å². The smallest absolute Gasteiger partial charge is 0.429 e. The molecule has 0 aliphatic carbocycles. The molecule has 1 aliphatic rings. The quantitative estimate of drug-likeness (QED) is 0.0746. The van der Waals surface area contributed by atoms with E-state index in [2.05, 4.69) is 15.7 Å². The van der Waals surface area contributed by atoms with Crippen molar-refractivity contribution >= 4 is 51.4 Å². The molecule has 1 aliphatic heterocycles. The molecule has 0 saturated carbocycles. The summed E-state index contributed by atoms with van der Waals surface area (Å²) in [5.41, 5.74) is 3.05. The number of aryl methyl sites for hydroxylation is 1. The number of hydrogen-bond donors (Lipinski definition) is 4. The molecule has 3 aromatic rings. The number of sulfonamides is 1. The third-order valence-corrected chi connectivity index (χ3v) is 11.8. The predicted octanol–water partition coefficient (Wildman–Crippen LogP) is 4.62. The van der Waals surface area contributed by atoms with E-state index in [1.54, 1.807) is 25.7 Å². The average Bonchev–Trinajstić information content (AvgIpc) is 3.71. The van der Waals surface area contributed by atoms with Crippen molar-refractivity contribution in [2.45, 2.75) is 97.0 Å². The molecule has 2 aromatic carbocycles. The van der Waals surface area contributed by atoms with Gasteiger partial charge in [-0.2, -0.15) is 4.31 Å². The first kappa shape index (κ1) is 45.9. The fraction of sp³-hybridized carbons (Fsp3) is 0.525. The third-order valence-electron chi connectivity index (χ3n) is 9.16. The lowest BCUT2D eigenvalue weighted by molar-refractivity contribution is -0.128. The van der Waals surface area contributed by atoms with Crippen LogP contribution in [0.3, 0.4) is 0 Å². The van der Waals surface area contributed by atoms with Crippen LogP contribution in [0, 0.1) is 18.8 Å². The topological polar surface area (TPSA) is 202 Å². The number of carbonyl (C=O) groups excluding carboxylic acids is 4. The van der Waals surface area contributed by atoms with Crippen molar-refractivity contribution in [2.75, 3.05) is 38.1 Å². The van der Waals surface area contributed by atoms with Gasteiger partial charge in [0.25, 0.3) is 0 Å². The van der Waals surface area contributed by atoms with Crippen molar-refractivity contribution in [1.82, 2.24) is 29.4 Å². The number of benzene rings is 2. The van der Waals surface area contributed by atoms with Gasteiger partial charge in [-0.15, -0.1) is 11.3 Å². The third kappa shape index (κ3) is 12.4. The number of urea groups is 1. The van der Waals surface area contributed by atoms with Gasteiger partial charge in [-0.3, -0.25) is 10.2 Å². The second-order valence-corrected chi connectivity index (χ2v) is 19.1. The van der Waals surface area contributed by atoms with Gasteiger partial charge >= 0.3 is 12.1 Å². The normalized spacial score (nSPS) is 15.1. The summed E-state index contributed by atoms with van der Waals surface area (Å²) >= 11 is 1.50. The summed E-state index contributed by atoms with van der Waals surface area (Å²) in [4.78, 5) is 59.5. The Balaban J connectivity index is 1.61. The van der Waals surface area contributed by atoms with Crippen LogP contribution in [0.15, 0.2) is 58.8 Å². The van der Waals surface area contributed by atoms with Crippen LogP contribution in [0.5, 0.6) is 5.75 Å². The standard InChI is InChI=1S/C40H57N7O9S2/c1-26(2)22-45(58(54,55)31-14-15-34(49)33(21-31)43-47(18-19-48)39(53)56-40(6,7)8)24-35(50)32(20-29-12-10-9-11-13-29)42-37(51)36(27(3)4)46-17-16-44(38(46)52)23-30-25-57-28(5)41-30/h9-15,19,21,25-27,32,35-36,43,49-50H,16-18,20,22-24H2,1-8H3,(H,42,51)/t32-,35+,36-/m0/s1. The number of nitrogens with zero attached hydrogens (tertiary/aromatic N) is 5. The molecule has 16 nitrogen and oxygen atoms in total. The molecule has 1 fully saturated rings. The lowest BCUT2D eigenvalue weighted by Gasteiger charge is -2.34. The van der Waals surface area contributed by atoms with Crippen molar-refractivity contribution in [3.63, 3.8) is 0 Å². The first-order valence-electron chi connectivity index (χ1n) is 19.2. The molecular weight excluding hydrogens is 787 g/mol. The second-order valence-electron chi connectivity index (χ2n) is 16.1. The van der Waals surface area contributed by atoms with Gasteiger partial charge in [-0.1, -0.05) is 58.0 Å². The molecular formula is C40H57N7O9S2. The zero-order valence-electron chi connectivity index (χ0n) is 34.4. The van der Waals surface area contributed by atoms with E-state index >= 15 is 0 Å². The molecule has 0 radical (unpaired) electrons. The number of hydrogen-bond acceptors (Lipinski definition) is 12. The number of amides is 4. The number of ether oxygens (including phenoxy) is 1. The molecule has 2 heterocycles. The number of hydrazine groups is 1. The number of anilines is 1. The zero-order chi connectivity index (χ0) is 42.9. The highest BCUT2D eigenvalue weighted by atomic mass is 32.2. The zero-order valence-corrected chi connectivity index (χ0v) is 36.0. The number of phenolic OH excluding ortho intramolecular Hbond substituents is 1. The van der Waals surface area contributed by atoms with Crippen LogP contribution < -0.4 is 10.7 Å². The summed E-state index contributed by atoms with van der Waals surface area (Å²) in [7, 11) is -4.40. The van der Waals surface area contributed by atoms with Crippen molar-refractivity contribution in [1.29, 1.82) is 0 Å². The first-order chi connectivity index (χ1) is 27.2. The van der Waals surface area contributed by atoms with Gasteiger partial charge in [0.05, 0.1) is 40.0 Å². The summed E-state index contributed by atoms with van der Waals surface area (Å²) in [5.74, 6) is -1.38. The highest BCUT2D eigenvalue weighted by molar-refractivity contribution is 7.89. The Kier molecular flexibility index (Phi) is 15.7. The van der Waals surface area contributed by atoms with Gasteiger partial charge in [0, 0.05) is 31.6 Å². The van der Waals surface area contributed by atoms with Crippen molar-refractivity contribution in [3.8, 4) is 5.75 Å². The minimum absolute atomic E-state index is 0.0184. The van der Waals surface area contributed by atoms with Gasteiger partial charge in [0.1, 0.15) is 30.2 Å². The number of carbonyl (C=O) groups is 4. The highest BCUT2D eigenvalue weighted by Gasteiger charge is 2.41. The van der Waals surface area contributed by atoms with Crippen LogP contribution in [0.25, 0.3) is 0 Å². The lowest BCUT2D eigenvalue weighted by Crippen LogP contribution is -2.57. The van der Waals surface area contributed by atoms with Gasteiger partial charge < -0.3 is 34.9 Å². The van der Waals surface area contributed by atoms with Crippen molar-refractivity contribution < 1.29 is 42.5 Å². The van der Waals surface area contributed by atoms with E-state index in [0.717, 1.165) is 37.7 Å². The number of thiazole rings is 1. The van der Waals surface area contributed by atoms with E-state index < -0.39 is 64.7 Å². The van der Waals surface area contributed by atoms with E-state index in [1.807, 2.05) is 70.3 Å². The summed E-state index contributed by atoms with van der Waals surface area (Å²) < 4.78 is 35.2. The van der Waals surface area contributed by atoms with E-state index in [4.69, 9.17) is 4.74 Å². The van der Waals surface area contributed by atoms with Crippen LogP contribution in [0.4, 0.5) is 15.3 Å². The fourth-order valence-corrected chi connectivity index (χ4v) is 8.79. The van der Waals surface area contributed by atoms with Crippen LogP contribution >= 0.6 is 11.3 Å². The van der Waals surface area contributed by atoms with Gasteiger partial charge in [-0.05, 0) is 69.7 Å². The molecule has 4 amide bonds. The molecule has 1 saturated heterocycles. The molecule has 4 N–H and O–H groups in total. The Morgan fingerprint density at radius 2 is 1.76 bits per heavy atom. The van der Waals surface area contributed by atoms with Crippen LogP contribution in [0.1, 0.15) is 64.7 Å². The molecule has 1 aromatic heterocycles. The summed E-state index contributed by atoms with van der Waals surface area (Å²) in [5, 5.41) is 29.2. The SMILES string of the molecule is Cc1nc(CN2CCN([C@H](C(=O)N[C@@H](Cc3ccccc3)[C@H](O)CN(CC(C)C)S(=O)(=O)c3ccc(O)c(NN(CC=O)C(=O)OC(C)(C)C)c3)C(C)C)C2=O)cs1. The average molecular weight is 844 g/mol. The fourth-order valence-electron chi connectivity index (χ4n) is 6.54. The minimum Gasteiger partial charge on any atom is -0.506 e. The Morgan fingerprint density at radius 3 is 2.34 bits per heavy atom. The van der Waals surface area contributed by atoms with E-state index in [9.17, 15) is 37.8 Å². The molecule has 18 heteroatoms. The summed E-state index contributed by atoms with van der Waals surface area (Å²) in [6, 6.07) is 10.5. The van der Waals surface area contributed by atoms with Crippen LogP contribution in [-0.2, 0) is 37.3 Å². The highest BCUT2D eigenvalue weighted by Crippen LogP contribution is 2.30. The van der Waals surface area contributed by atoms with E-state index in [0.29, 0.717) is 25.9 Å². The van der Waals surface area contributed by atoms with Crippen molar-refractivity contribution in [3.05, 3.63) is 70.2 Å². The number of nitrogens with one attached hydrogen (secondary N) is 2.